The molecule has 0 unspecified atom stereocenters. The summed E-state index contributed by atoms with van der Waals surface area (Å²) >= 11 is 0. The summed E-state index contributed by atoms with van der Waals surface area (Å²) in [4.78, 5) is 7.21. The zero-order valence-corrected chi connectivity index (χ0v) is 22.5. The first-order chi connectivity index (χ1) is 17.8. The van der Waals surface area contributed by atoms with Crippen molar-refractivity contribution in [2.24, 2.45) is 0 Å². The zero-order chi connectivity index (χ0) is 26.2. The zero-order valence-electron chi connectivity index (χ0n) is 21.7. The fraction of sp³-hybridized carbons (Fsp3) is 0.321. The van der Waals surface area contributed by atoms with E-state index < -0.39 is 10.0 Å². The molecule has 2 heterocycles. The van der Waals surface area contributed by atoms with Gasteiger partial charge in [0.15, 0.2) is 0 Å². The third-order valence-electron chi connectivity index (χ3n) is 7.03. The van der Waals surface area contributed by atoms with Crippen LogP contribution in [-0.4, -0.2) is 65.5 Å². The lowest BCUT2D eigenvalue weighted by atomic mass is 9.94. The molecule has 0 saturated carbocycles. The lowest BCUT2D eigenvalue weighted by Gasteiger charge is -2.33. The van der Waals surface area contributed by atoms with Gasteiger partial charge in [0.2, 0.25) is 16.0 Å². The highest BCUT2D eigenvalue weighted by Crippen LogP contribution is 2.31. The Labute approximate surface area is 218 Å². The number of anilines is 2. The first-order valence-corrected chi connectivity index (χ1v) is 14.0. The predicted octanol–water partition coefficient (Wildman–Crippen LogP) is 4.69. The molecule has 8 nitrogen and oxygen atoms in total. The molecule has 37 heavy (non-hydrogen) atoms. The summed E-state index contributed by atoms with van der Waals surface area (Å²) in [7, 11) is -3.58. The number of benzene rings is 3. The smallest absolute Gasteiger partial charge is 0.247 e. The van der Waals surface area contributed by atoms with Gasteiger partial charge < -0.3 is 10.2 Å². The monoisotopic (exact) mass is 516 g/mol. The van der Waals surface area contributed by atoms with Crippen molar-refractivity contribution in [3.05, 3.63) is 71.3 Å². The summed E-state index contributed by atoms with van der Waals surface area (Å²) in [6, 6.07) is 17.2. The van der Waals surface area contributed by atoms with Crippen molar-refractivity contribution in [3.63, 3.8) is 0 Å². The van der Waals surface area contributed by atoms with Crippen LogP contribution in [0, 0.1) is 20.8 Å². The Morgan fingerprint density at radius 3 is 2.27 bits per heavy atom. The number of aryl methyl sites for hydroxylation is 3. The minimum absolute atomic E-state index is 0.255. The van der Waals surface area contributed by atoms with Gasteiger partial charge in [0, 0.05) is 31.9 Å². The van der Waals surface area contributed by atoms with E-state index in [4.69, 9.17) is 4.98 Å². The molecule has 4 aromatic rings. The Balaban J connectivity index is 1.41. The van der Waals surface area contributed by atoms with Crippen LogP contribution in [-0.2, 0) is 10.0 Å². The van der Waals surface area contributed by atoms with E-state index in [1.54, 1.807) is 28.6 Å². The van der Waals surface area contributed by atoms with Crippen LogP contribution in [0.3, 0.4) is 0 Å². The van der Waals surface area contributed by atoms with Crippen molar-refractivity contribution in [1.82, 2.24) is 24.4 Å². The molecule has 1 aliphatic heterocycles. The molecule has 9 heteroatoms. The van der Waals surface area contributed by atoms with Gasteiger partial charge in [0.1, 0.15) is 5.52 Å². The van der Waals surface area contributed by atoms with Crippen molar-refractivity contribution >= 4 is 32.7 Å². The number of likely N-dealkylation sites (N-methyl/N-ethyl adjacent to an activating group) is 1. The predicted molar refractivity (Wildman–Crippen MR) is 148 cm³/mol. The molecule has 1 saturated heterocycles. The van der Waals surface area contributed by atoms with Crippen LogP contribution in [0.5, 0.6) is 0 Å². The van der Waals surface area contributed by atoms with Crippen molar-refractivity contribution in [1.29, 1.82) is 0 Å². The number of hydrogen-bond donors (Lipinski definition) is 1. The molecule has 0 amide bonds. The van der Waals surface area contributed by atoms with Crippen LogP contribution in [0.25, 0.3) is 22.2 Å². The Morgan fingerprint density at radius 1 is 0.865 bits per heavy atom. The maximum atomic E-state index is 13.2. The second-order valence-electron chi connectivity index (χ2n) is 9.55. The summed E-state index contributed by atoms with van der Waals surface area (Å²) < 4.78 is 28.0. The fourth-order valence-corrected chi connectivity index (χ4v) is 6.45. The summed E-state index contributed by atoms with van der Waals surface area (Å²) in [5.41, 5.74) is 7.77. The van der Waals surface area contributed by atoms with Crippen LogP contribution in [0.1, 0.15) is 23.6 Å². The molecule has 1 aromatic heterocycles. The third kappa shape index (κ3) is 5.07. The van der Waals surface area contributed by atoms with Crippen molar-refractivity contribution in [2.45, 2.75) is 32.6 Å². The van der Waals surface area contributed by atoms with Crippen LogP contribution < -0.4 is 5.32 Å². The molecular weight excluding hydrogens is 484 g/mol. The van der Waals surface area contributed by atoms with Crippen LogP contribution in [0.15, 0.2) is 59.5 Å². The summed E-state index contributed by atoms with van der Waals surface area (Å²) in [6.07, 6.45) is 0. The van der Waals surface area contributed by atoms with Crippen LogP contribution in [0.4, 0.5) is 11.6 Å². The second-order valence-corrected chi connectivity index (χ2v) is 11.5. The number of sulfonamides is 1. The highest BCUT2D eigenvalue weighted by Gasteiger charge is 2.28. The largest absolute Gasteiger partial charge is 0.323 e. The highest BCUT2D eigenvalue weighted by atomic mass is 32.2. The van der Waals surface area contributed by atoms with Gasteiger partial charge in [-0.15, -0.1) is 10.2 Å². The van der Waals surface area contributed by atoms with E-state index in [1.807, 2.05) is 13.0 Å². The molecule has 0 spiro atoms. The Morgan fingerprint density at radius 2 is 1.57 bits per heavy atom. The molecule has 1 aliphatic rings. The first kappa shape index (κ1) is 25.3. The van der Waals surface area contributed by atoms with E-state index >= 15 is 0 Å². The summed E-state index contributed by atoms with van der Waals surface area (Å²) in [5, 5.41) is 11.9. The summed E-state index contributed by atoms with van der Waals surface area (Å²) in [5.74, 6) is 0.321. The van der Waals surface area contributed by atoms with Crippen molar-refractivity contribution in [2.75, 3.05) is 38.0 Å². The first-order valence-electron chi connectivity index (χ1n) is 12.6. The average Bonchev–Trinajstić information content (AvgIpc) is 2.89. The normalized spacial score (nSPS) is 15.2. The number of hydrogen-bond acceptors (Lipinski definition) is 7. The summed E-state index contributed by atoms with van der Waals surface area (Å²) in [6.45, 7) is 11.7. The number of piperazine rings is 1. The van der Waals surface area contributed by atoms with Gasteiger partial charge in [0.05, 0.1) is 10.4 Å². The second kappa shape index (κ2) is 10.2. The lowest BCUT2D eigenvalue weighted by molar-refractivity contribution is 0.196. The number of rotatable bonds is 6. The molecule has 0 radical (unpaired) electrons. The standard InChI is InChI=1S/C28H32N6O2S/c1-5-33-12-14-34(15-13-33)37(35,36)24-11-7-10-23(18-24)29-28-30-27-21(4)16-22(17-25(27)31-32-28)26-19(2)8-6-9-20(26)3/h6-11,16-18H,5,12-15H2,1-4H3,(H,29,30,32). The molecule has 5 rings (SSSR count). The molecule has 0 bridgehead atoms. The highest BCUT2D eigenvalue weighted by molar-refractivity contribution is 7.89. The quantitative estimate of drug-likeness (QED) is 0.398. The van der Waals surface area contributed by atoms with Gasteiger partial charge in [-0.2, -0.15) is 4.31 Å². The van der Waals surface area contributed by atoms with Gasteiger partial charge in [-0.3, -0.25) is 0 Å². The van der Waals surface area contributed by atoms with Crippen LogP contribution >= 0.6 is 0 Å². The third-order valence-corrected chi connectivity index (χ3v) is 8.92. The SMILES string of the molecule is CCN1CCN(S(=O)(=O)c2cccc(Nc3nnc4cc(-c5c(C)cccc5C)cc(C)c4n3)c2)CC1. The molecule has 192 valence electrons. The van der Waals surface area contributed by atoms with Gasteiger partial charge in [0.25, 0.3) is 0 Å². The van der Waals surface area contributed by atoms with Crippen molar-refractivity contribution < 1.29 is 8.42 Å². The van der Waals surface area contributed by atoms with Gasteiger partial charge in [-0.1, -0.05) is 31.2 Å². The molecule has 0 aliphatic carbocycles. The van der Waals surface area contributed by atoms with E-state index in [9.17, 15) is 8.42 Å². The molecular formula is C28H32N6O2S. The number of fused-ring (bicyclic) bond motifs is 1. The number of nitrogens with zero attached hydrogens (tertiary/aromatic N) is 5. The molecule has 1 N–H and O–H groups in total. The molecule has 1 fully saturated rings. The van der Waals surface area contributed by atoms with Crippen molar-refractivity contribution in [3.8, 4) is 11.1 Å². The maximum absolute atomic E-state index is 13.2. The fourth-order valence-electron chi connectivity index (χ4n) is 4.98. The lowest BCUT2D eigenvalue weighted by Crippen LogP contribution is -2.48. The van der Waals surface area contributed by atoms with E-state index in [2.05, 4.69) is 65.5 Å². The number of nitrogens with one attached hydrogen (secondary N) is 1. The van der Waals surface area contributed by atoms with E-state index in [-0.39, 0.29) is 4.90 Å². The number of aromatic nitrogens is 3. The minimum atomic E-state index is -3.58. The van der Waals surface area contributed by atoms with Gasteiger partial charge >= 0.3 is 0 Å². The molecule has 0 atom stereocenters. The van der Waals surface area contributed by atoms with Crippen LogP contribution in [0.2, 0.25) is 0 Å². The average molecular weight is 517 g/mol. The maximum Gasteiger partial charge on any atom is 0.247 e. The minimum Gasteiger partial charge on any atom is -0.323 e. The van der Waals surface area contributed by atoms with E-state index in [0.717, 1.165) is 36.3 Å². The Bertz CT molecular complexity index is 1540. The molecule has 3 aromatic carbocycles. The Hall–Kier alpha value is -3.40. The van der Waals surface area contributed by atoms with E-state index in [1.165, 1.54) is 16.7 Å². The topological polar surface area (TPSA) is 91.3 Å². The Kier molecular flexibility index (Phi) is 6.94. The van der Waals surface area contributed by atoms with Gasteiger partial charge in [-0.25, -0.2) is 13.4 Å². The van der Waals surface area contributed by atoms with E-state index in [0.29, 0.717) is 30.2 Å². The van der Waals surface area contributed by atoms with Gasteiger partial charge in [-0.05, 0) is 85.5 Å².